The summed E-state index contributed by atoms with van der Waals surface area (Å²) in [6.45, 7) is 4.51. The summed E-state index contributed by atoms with van der Waals surface area (Å²) in [6, 6.07) is 6.41. The van der Waals surface area contributed by atoms with Crippen LogP contribution < -0.4 is 5.32 Å². The quantitative estimate of drug-likeness (QED) is 0.770. The topological polar surface area (TPSA) is 21.3 Å². The second-order valence-corrected chi connectivity index (χ2v) is 4.08. The van der Waals surface area contributed by atoms with Crippen molar-refractivity contribution in [3.05, 3.63) is 34.3 Å². The first kappa shape index (κ1) is 9.97. The van der Waals surface area contributed by atoms with Crippen LogP contribution in [0.1, 0.15) is 17.2 Å². The second-order valence-electron chi connectivity index (χ2n) is 3.64. The van der Waals surface area contributed by atoms with Crippen LogP contribution in [0.25, 0.3) is 0 Å². The molecule has 1 aliphatic rings. The van der Waals surface area contributed by atoms with Crippen molar-refractivity contribution < 1.29 is 4.74 Å². The molecule has 2 nitrogen and oxygen atoms in total. The predicted molar refractivity (Wildman–Crippen MR) is 57.8 cm³/mol. The fourth-order valence-electron chi connectivity index (χ4n) is 1.75. The van der Waals surface area contributed by atoms with Gasteiger partial charge in [0.15, 0.2) is 0 Å². The number of ether oxygens (including phenoxy) is 1. The molecule has 1 unspecified atom stereocenters. The largest absolute Gasteiger partial charge is 0.378 e. The van der Waals surface area contributed by atoms with E-state index >= 15 is 0 Å². The maximum Gasteiger partial charge on any atom is 0.0662 e. The van der Waals surface area contributed by atoms with E-state index in [2.05, 4.69) is 18.3 Å². The van der Waals surface area contributed by atoms with Gasteiger partial charge in [-0.05, 0) is 30.2 Å². The van der Waals surface area contributed by atoms with Crippen molar-refractivity contribution in [3.63, 3.8) is 0 Å². The van der Waals surface area contributed by atoms with Gasteiger partial charge in [-0.1, -0.05) is 17.7 Å². The number of morpholine rings is 1. The Hall–Kier alpha value is -0.570. The summed E-state index contributed by atoms with van der Waals surface area (Å²) in [7, 11) is 0. The molecule has 1 atom stereocenters. The van der Waals surface area contributed by atoms with Crippen molar-refractivity contribution >= 4 is 11.6 Å². The molecular formula is C11H14ClNO. The third-order valence-corrected chi connectivity index (χ3v) is 2.61. The van der Waals surface area contributed by atoms with Crippen LogP contribution in [0.2, 0.25) is 5.02 Å². The molecule has 3 heteroatoms. The predicted octanol–water partition coefficient (Wildman–Crippen LogP) is 2.31. The normalized spacial score (nSPS) is 22.3. The lowest BCUT2D eigenvalue weighted by Crippen LogP contribution is -2.34. The Kier molecular flexibility index (Phi) is 3.06. The molecule has 0 radical (unpaired) electrons. The summed E-state index contributed by atoms with van der Waals surface area (Å²) in [5, 5.41) is 4.20. The molecule has 0 saturated carbocycles. The first-order chi connectivity index (χ1) is 6.75. The smallest absolute Gasteiger partial charge is 0.0662 e. The Bertz CT molecular complexity index is 301. The highest BCUT2D eigenvalue weighted by atomic mass is 35.5. The van der Waals surface area contributed by atoms with Crippen LogP contribution in [0.3, 0.4) is 0 Å². The van der Waals surface area contributed by atoms with E-state index in [1.54, 1.807) is 0 Å². The van der Waals surface area contributed by atoms with Crippen molar-refractivity contribution in [2.75, 3.05) is 19.8 Å². The van der Waals surface area contributed by atoms with Crippen LogP contribution >= 0.6 is 11.6 Å². The van der Waals surface area contributed by atoms with E-state index in [-0.39, 0.29) is 0 Å². The Labute approximate surface area is 89.2 Å². The van der Waals surface area contributed by atoms with Gasteiger partial charge in [0, 0.05) is 11.6 Å². The Balaban J connectivity index is 2.21. The highest BCUT2D eigenvalue weighted by Crippen LogP contribution is 2.21. The summed E-state index contributed by atoms with van der Waals surface area (Å²) in [4.78, 5) is 0. The maximum atomic E-state index is 6.00. The minimum Gasteiger partial charge on any atom is -0.378 e. The maximum absolute atomic E-state index is 6.00. The molecule has 1 fully saturated rings. The van der Waals surface area contributed by atoms with E-state index in [1.165, 1.54) is 11.1 Å². The van der Waals surface area contributed by atoms with E-state index in [0.717, 1.165) is 24.8 Å². The highest BCUT2D eigenvalue weighted by Gasteiger charge is 2.15. The molecule has 0 amide bonds. The molecule has 0 aromatic heterocycles. The molecule has 1 heterocycles. The van der Waals surface area contributed by atoms with E-state index in [0.29, 0.717) is 6.04 Å². The average molecular weight is 212 g/mol. The number of halogens is 1. The zero-order valence-corrected chi connectivity index (χ0v) is 8.97. The van der Waals surface area contributed by atoms with Crippen molar-refractivity contribution in [1.29, 1.82) is 0 Å². The van der Waals surface area contributed by atoms with E-state index in [4.69, 9.17) is 16.3 Å². The highest BCUT2D eigenvalue weighted by molar-refractivity contribution is 6.30. The average Bonchev–Trinajstić information content (AvgIpc) is 2.18. The SMILES string of the molecule is Cc1cc(Cl)cc(C2COCCN2)c1. The molecule has 2 rings (SSSR count). The summed E-state index contributed by atoms with van der Waals surface area (Å²) in [6.07, 6.45) is 0. The van der Waals surface area contributed by atoms with Crippen LogP contribution in [0, 0.1) is 6.92 Å². The zero-order chi connectivity index (χ0) is 9.97. The first-order valence-corrected chi connectivity index (χ1v) is 5.22. The van der Waals surface area contributed by atoms with Crippen LogP contribution in [0.4, 0.5) is 0 Å². The molecule has 14 heavy (non-hydrogen) atoms. The molecular weight excluding hydrogens is 198 g/mol. The monoisotopic (exact) mass is 211 g/mol. The minimum atomic E-state index is 0.293. The van der Waals surface area contributed by atoms with E-state index in [9.17, 15) is 0 Å². The van der Waals surface area contributed by atoms with Gasteiger partial charge < -0.3 is 10.1 Å². The summed E-state index contributed by atoms with van der Waals surface area (Å²) in [5.41, 5.74) is 2.41. The lowest BCUT2D eigenvalue weighted by atomic mass is 10.0. The van der Waals surface area contributed by atoms with Crippen LogP contribution in [0.5, 0.6) is 0 Å². The molecule has 1 aromatic carbocycles. The van der Waals surface area contributed by atoms with Crippen molar-refractivity contribution in [2.24, 2.45) is 0 Å². The fraction of sp³-hybridized carbons (Fsp3) is 0.455. The standard InChI is InChI=1S/C11H14ClNO/c1-8-4-9(6-10(12)5-8)11-7-14-3-2-13-11/h4-6,11,13H,2-3,7H2,1H3. The van der Waals surface area contributed by atoms with E-state index < -0.39 is 0 Å². The van der Waals surface area contributed by atoms with Gasteiger partial charge in [-0.3, -0.25) is 0 Å². The van der Waals surface area contributed by atoms with Gasteiger partial charge in [-0.2, -0.15) is 0 Å². The number of nitrogens with one attached hydrogen (secondary N) is 1. The van der Waals surface area contributed by atoms with Gasteiger partial charge in [0.05, 0.1) is 19.3 Å². The third-order valence-electron chi connectivity index (χ3n) is 2.39. The molecule has 1 N–H and O–H groups in total. The lowest BCUT2D eigenvalue weighted by molar-refractivity contribution is 0.0769. The third kappa shape index (κ3) is 2.27. The van der Waals surface area contributed by atoms with Gasteiger partial charge in [-0.15, -0.1) is 0 Å². The number of rotatable bonds is 1. The summed E-state index contributed by atoms with van der Waals surface area (Å²) in [5.74, 6) is 0. The van der Waals surface area contributed by atoms with Gasteiger partial charge in [-0.25, -0.2) is 0 Å². The first-order valence-electron chi connectivity index (χ1n) is 4.84. The molecule has 0 aliphatic carbocycles. The molecule has 1 aromatic rings. The molecule has 0 bridgehead atoms. The van der Waals surface area contributed by atoms with Crippen LogP contribution in [-0.4, -0.2) is 19.8 Å². The Morgan fingerprint density at radius 2 is 2.29 bits per heavy atom. The van der Waals surface area contributed by atoms with Gasteiger partial charge >= 0.3 is 0 Å². The van der Waals surface area contributed by atoms with E-state index in [1.807, 2.05) is 12.1 Å². The molecule has 76 valence electrons. The van der Waals surface area contributed by atoms with Crippen LogP contribution in [0.15, 0.2) is 18.2 Å². The Morgan fingerprint density at radius 1 is 1.43 bits per heavy atom. The summed E-state index contributed by atoms with van der Waals surface area (Å²) < 4.78 is 5.41. The van der Waals surface area contributed by atoms with Crippen molar-refractivity contribution in [1.82, 2.24) is 5.32 Å². The molecule has 1 aliphatic heterocycles. The summed E-state index contributed by atoms with van der Waals surface area (Å²) >= 11 is 6.00. The lowest BCUT2D eigenvalue weighted by Gasteiger charge is -2.24. The molecule has 1 saturated heterocycles. The number of hydrogen-bond acceptors (Lipinski definition) is 2. The van der Waals surface area contributed by atoms with Gasteiger partial charge in [0.1, 0.15) is 0 Å². The van der Waals surface area contributed by atoms with Gasteiger partial charge in [0.2, 0.25) is 0 Å². The second kappa shape index (κ2) is 4.30. The Morgan fingerprint density at radius 3 is 2.93 bits per heavy atom. The number of hydrogen-bond donors (Lipinski definition) is 1. The molecule has 0 spiro atoms. The van der Waals surface area contributed by atoms with Crippen molar-refractivity contribution in [2.45, 2.75) is 13.0 Å². The zero-order valence-electron chi connectivity index (χ0n) is 8.22. The minimum absolute atomic E-state index is 0.293. The number of benzene rings is 1. The fourth-order valence-corrected chi connectivity index (χ4v) is 2.04. The van der Waals surface area contributed by atoms with Gasteiger partial charge in [0.25, 0.3) is 0 Å². The number of aryl methyl sites for hydroxylation is 1. The van der Waals surface area contributed by atoms with Crippen molar-refractivity contribution in [3.8, 4) is 0 Å². The van der Waals surface area contributed by atoms with Crippen LogP contribution in [-0.2, 0) is 4.74 Å².